The van der Waals surface area contributed by atoms with Crippen LogP contribution in [-0.4, -0.2) is 29.9 Å². The van der Waals surface area contributed by atoms with Gasteiger partial charge in [-0.25, -0.2) is 4.79 Å². The molecule has 0 saturated heterocycles. The summed E-state index contributed by atoms with van der Waals surface area (Å²) in [6.45, 7) is 0. The van der Waals surface area contributed by atoms with E-state index < -0.39 is 5.97 Å². The van der Waals surface area contributed by atoms with Gasteiger partial charge in [0, 0.05) is 0 Å². The van der Waals surface area contributed by atoms with Gasteiger partial charge < -0.3 is 9.84 Å². The van der Waals surface area contributed by atoms with E-state index in [2.05, 4.69) is 0 Å². The topological polar surface area (TPSA) is 46.5 Å². The van der Waals surface area contributed by atoms with Crippen molar-refractivity contribution < 1.29 is 14.6 Å². The second kappa shape index (κ2) is 6.14. The van der Waals surface area contributed by atoms with Gasteiger partial charge in [-0.15, -0.1) is 0 Å². The van der Waals surface area contributed by atoms with E-state index in [-0.39, 0.29) is 30.2 Å². The van der Waals surface area contributed by atoms with Gasteiger partial charge in [0.15, 0.2) is 0 Å². The van der Waals surface area contributed by atoms with Crippen LogP contribution in [0.25, 0.3) is 0 Å². The van der Waals surface area contributed by atoms with Gasteiger partial charge in [0.1, 0.15) is 17.1 Å². The van der Waals surface area contributed by atoms with Crippen LogP contribution < -0.4 is 4.74 Å². The molecule has 2 aromatic rings. The fourth-order valence-electron chi connectivity index (χ4n) is 1.30. The van der Waals surface area contributed by atoms with Crippen LogP contribution in [0.15, 0.2) is 54.6 Å². The van der Waals surface area contributed by atoms with Gasteiger partial charge in [0.2, 0.25) is 0 Å². The van der Waals surface area contributed by atoms with E-state index in [9.17, 15) is 9.90 Å². The van der Waals surface area contributed by atoms with Gasteiger partial charge in [-0.2, -0.15) is 0 Å². The first-order chi connectivity index (χ1) is 7.77. The summed E-state index contributed by atoms with van der Waals surface area (Å²) in [5.74, 6) is -0.191. The van der Waals surface area contributed by atoms with E-state index >= 15 is 0 Å². The molecule has 0 unspecified atom stereocenters. The van der Waals surface area contributed by atoms with Gasteiger partial charge in [-0.1, -0.05) is 30.3 Å². The predicted octanol–water partition coefficient (Wildman–Crippen LogP) is 1.96. The van der Waals surface area contributed by atoms with Crippen molar-refractivity contribution >= 4 is 24.8 Å². The number of hydrogen-bond donors (Lipinski definition) is 1. The maximum atomic E-state index is 11.7. The third kappa shape index (κ3) is 3.38. The molecule has 0 aromatic heterocycles. The Kier molecular flexibility index (Phi) is 4.83. The van der Waals surface area contributed by atoms with Crippen LogP contribution in [0.3, 0.4) is 0 Å². The van der Waals surface area contributed by atoms with Crippen molar-refractivity contribution in [1.29, 1.82) is 0 Å². The molecule has 3 nitrogen and oxygen atoms in total. The van der Waals surface area contributed by atoms with E-state index in [0.29, 0.717) is 5.75 Å². The Morgan fingerprint density at radius 1 is 0.941 bits per heavy atom. The summed E-state index contributed by atoms with van der Waals surface area (Å²) in [7, 11) is 0. The van der Waals surface area contributed by atoms with Crippen molar-refractivity contribution in [2.75, 3.05) is 0 Å². The average Bonchev–Trinajstić information content (AvgIpc) is 2.31. The Morgan fingerprint density at radius 3 is 2.18 bits per heavy atom. The molecule has 0 aliphatic carbocycles. The number of hydrogen-bond acceptors (Lipinski definition) is 3. The molecule has 0 atom stereocenters. The molecule has 82 valence electrons. The Labute approximate surface area is 111 Å². The van der Waals surface area contributed by atoms with Gasteiger partial charge in [0.25, 0.3) is 0 Å². The fraction of sp³-hybridized carbons (Fsp3) is 0. The molecular weight excluding hydrogens is 211 g/mol. The van der Waals surface area contributed by atoms with Crippen LogP contribution in [0.2, 0.25) is 0 Å². The van der Waals surface area contributed by atoms with Gasteiger partial charge in [-0.05, 0) is 24.3 Å². The number of phenolic OH excluding ortho intramolecular Hbond substituents is 1. The summed E-state index contributed by atoms with van der Waals surface area (Å²) in [5, 5.41) is 9.46. The minimum atomic E-state index is -0.565. The van der Waals surface area contributed by atoms with Crippen molar-refractivity contribution in [2.45, 2.75) is 0 Å². The van der Waals surface area contributed by atoms with Crippen molar-refractivity contribution in [3.8, 4) is 11.5 Å². The molecule has 4 heteroatoms. The van der Waals surface area contributed by atoms with E-state index in [1.807, 2.05) is 6.07 Å². The molecule has 17 heavy (non-hydrogen) atoms. The summed E-state index contributed by atoms with van der Waals surface area (Å²) >= 11 is 0. The predicted molar refractivity (Wildman–Crippen MR) is 66.7 cm³/mol. The SMILES string of the molecule is O=C(Oc1ccccc1)c1ccccc1O.[LiH]. The molecule has 0 aliphatic heterocycles. The molecule has 0 bridgehead atoms. The van der Waals surface area contributed by atoms with Crippen LogP contribution in [-0.2, 0) is 0 Å². The molecule has 0 saturated carbocycles. The molecule has 0 aliphatic rings. The average molecular weight is 222 g/mol. The number of para-hydroxylation sites is 2. The van der Waals surface area contributed by atoms with Crippen molar-refractivity contribution in [1.82, 2.24) is 0 Å². The maximum absolute atomic E-state index is 11.7. The standard InChI is InChI=1S/C13H10O3.Li.H/c14-12-9-5-4-8-11(12)13(15)16-10-6-2-1-3-7-10;;/h1-9,14H;;. The van der Waals surface area contributed by atoms with E-state index in [0.717, 1.165) is 0 Å². The van der Waals surface area contributed by atoms with Crippen LogP contribution in [0, 0.1) is 0 Å². The van der Waals surface area contributed by atoms with Crippen molar-refractivity contribution in [3.05, 3.63) is 60.2 Å². The summed E-state index contributed by atoms with van der Waals surface area (Å²) in [6.07, 6.45) is 0. The second-order valence-corrected chi connectivity index (χ2v) is 3.22. The molecule has 0 fully saturated rings. The monoisotopic (exact) mass is 222 g/mol. The Bertz CT molecular complexity index is 497. The zero-order chi connectivity index (χ0) is 11.4. The van der Waals surface area contributed by atoms with E-state index in [1.54, 1.807) is 36.4 Å². The molecule has 0 spiro atoms. The molecule has 0 amide bonds. The minimum absolute atomic E-state index is 0. The molecule has 0 heterocycles. The summed E-state index contributed by atoms with van der Waals surface area (Å²) in [6, 6.07) is 15.0. The van der Waals surface area contributed by atoms with E-state index in [4.69, 9.17) is 4.74 Å². The van der Waals surface area contributed by atoms with E-state index in [1.165, 1.54) is 12.1 Å². The number of esters is 1. The van der Waals surface area contributed by atoms with Crippen LogP contribution in [0.1, 0.15) is 10.4 Å². The number of carbonyl (C=O) groups excluding carboxylic acids is 1. The summed E-state index contributed by atoms with van der Waals surface area (Å²) < 4.78 is 5.08. The quantitative estimate of drug-likeness (QED) is 0.480. The first-order valence-corrected chi connectivity index (χ1v) is 4.82. The number of phenols is 1. The van der Waals surface area contributed by atoms with Crippen LogP contribution >= 0.6 is 0 Å². The zero-order valence-electron chi connectivity index (χ0n) is 8.46. The Morgan fingerprint density at radius 2 is 1.53 bits per heavy atom. The van der Waals surface area contributed by atoms with Crippen molar-refractivity contribution in [3.63, 3.8) is 0 Å². The molecule has 1 N–H and O–H groups in total. The Balaban J connectivity index is 0.00000144. The Hall–Kier alpha value is -1.69. The zero-order valence-corrected chi connectivity index (χ0v) is 8.46. The first kappa shape index (κ1) is 13.4. The molecular formula is C13H11LiO3. The fourth-order valence-corrected chi connectivity index (χ4v) is 1.30. The van der Waals surface area contributed by atoms with Crippen LogP contribution in [0.4, 0.5) is 0 Å². The molecule has 2 rings (SSSR count). The number of ether oxygens (including phenoxy) is 1. The van der Waals surface area contributed by atoms with Gasteiger partial charge in [-0.3, -0.25) is 0 Å². The van der Waals surface area contributed by atoms with Crippen molar-refractivity contribution in [2.24, 2.45) is 0 Å². The third-order valence-corrected chi connectivity index (χ3v) is 2.08. The van der Waals surface area contributed by atoms with Gasteiger partial charge in [0.05, 0.1) is 0 Å². The first-order valence-electron chi connectivity index (χ1n) is 4.82. The summed E-state index contributed by atoms with van der Waals surface area (Å²) in [5.41, 5.74) is 0.159. The number of benzene rings is 2. The van der Waals surface area contributed by atoms with Crippen LogP contribution in [0.5, 0.6) is 11.5 Å². The molecule has 2 aromatic carbocycles. The molecule has 0 radical (unpaired) electrons. The third-order valence-electron chi connectivity index (χ3n) is 2.08. The second-order valence-electron chi connectivity index (χ2n) is 3.22. The normalized spacial score (nSPS) is 9.18. The number of rotatable bonds is 2. The number of carbonyl (C=O) groups is 1. The number of aromatic hydroxyl groups is 1. The van der Waals surface area contributed by atoms with Gasteiger partial charge >= 0.3 is 24.8 Å². The summed E-state index contributed by atoms with van der Waals surface area (Å²) in [4.78, 5) is 11.7.